The molecule has 5 nitrogen and oxygen atoms in total. The molecular weight excluding hydrogens is 323 g/mol. The van der Waals surface area contributed by atoms with Crippen LogP contribution in [0.25, 0.3) is 0 Å². The first-order valence-corrected chi connectivity index (χ1v) is 7.74. The fourth-order valence-electron chi connectivity index (χ4n) is 3.03. The molecule has 23 heavy (non-hydrogen) atoms. The molecule has 0 saturated carbocycles. The van der Waals surface area contributed by atoms with E-state index in [0.717, 1.165) is 12.8 Å². The molecule has 2 heterocycles. The van der Waals surface area contributed by atoms with Crippen LogP contribution in [0.3, 0.4) is 0 Å². The Balaban J connectivity index is 0.00000192. The van der Waals surface area contributed by atoms with Gasteiger partial charge in [0.05, 0.1) is 12.1 Å². The molecule has 2 N–H and O–H groups in total. The van der Waals surface area contributed by atoms with Crippen molar-refractivity contribution in [2.45, 2.75) is 37.5 Å². The fourth-order valence-corrected chi connectivity index (χ4v) is 3.03. The van der Waals surface area contributed by atoms with Crippen molar-refractivity contribution in [2.24, 2.45) is 0 Å². The first-order valence-electron chi connectivity index (χ1n) is 7.74. The van der Waals surface area contributed by atoms with Gasteiger partial charge in [-0.05, 0) is 30.7 Å². The molecule has 7 heteroatoms. The Hall–Kier alpha value is -1.37. The summed E-state index contributed by atoms with van der Waals surface area (Å²) in [7, 11) is 0. The molecule has 0 aromatic heterocycles. The number of likely N-dealkylation sites (tertiary alicyclic amines) is 1. The maximum absolute atomic E-state index is 12.9. The lowest BCUT2D eigenvalue weighted by atomic mass is 10.1. The van der Waals surface area contributed by atoms with E-state index < -0.39 is 6.10 Å². The normalized spacial score (nSPS) is 25.0. The standard InChI is InChI=1S/C16H21FN2O3.ClH/c17-11-1-3-13(4-2-11)22-14-5-7-19(8-6-14)16(21)15-9-12(20)10-18-15;/h1-4,12,14-15,18,20H,5-10H2;1H. The predicted molar refractivity (Wildman–Crippen MR) is 86.3 cm³/mol. The molecule has 1 aromatic carbocycles. The van der Waals surface area contributed by atoms with Crippen LogP contribution >= 0.6 is 12.4 Å². The lowest BCUT2D eigenvalue weighted by Gasteiger charge is -2.33. The number of hydrogen-bond acceptors (Lipinski definition) is 4. The Labute approximate surface area is 141 Å². The molecule has 2 fully saturated rings. The summed E-state index contributed by atoms with van der Waals surface area (Å²) in [5.74, 6) is 0.447. The highest BCUT2D eigenvalue weighted by molar-refractivity contribution is 5.85. The highest BCUT2D eigenvalue weighted by atomic mass is 35.5. The van der Waals surface area contributed by atoms with Gasteiger partial charge in [0.2, 0.25) is 5.91 Å². The number of nitrogens with one attached hydrogen (secondary N) is 1. The topological polar surface area (TPSA) is 61.8 Å². The lowest BCUT2D eigenvalue weighted by Crippen LogP contribution is -2.48. The molecule has 0 spiro atoms. The van der Waals surface area contributed by atoms with E-state index >= 15 is 0 Å². The molecule has 0 radical (unpaired) electrons. The van der Waals surface area contributed by atoms with Crippen LogP contribution in [0, 0.1) is 5.82 Å². The molecule has 0 aliphatic carbocycles. The second-order valence-electron chi connectivity index (χ2n) is 5.95. The number of piperidine rings is 1. The molecule has 1 amide bonds. The van der Waals surface area contributed by atoms with Gasteiger partial charge in [0.1, 0.15) is 17.7 Å². The number of β-amino-alcohol motifs (C(OH)–C–C–N with tert-alkyl or cyclic N) is 1. The highest BCUT2D eigenvalue weighted by Crippen LogP contribution is 2.20. The van der Waals surface area contributed by atoms with Gasteiger partial charge in [0.15, 0.2) is 0 Å². The SMILES string of the molecule is Cl.O=C(C1CC(O)CN1)N1CCC(Oc2ccc(F)cc2)CC1. The van der Waals surface area contributed by atoms with E-state index in [1.807, 2.05) is 4.90 Å². The largest absolute Gasteiger partial charge is 0.490 e. The quantitative estimate of drug-likeness (QED) is 0.868. The van der Waals surface area contributed by atoms with Gasteiger partial charge in [-0.2, -0.15) is 0 Å². The van der Waals surface area contributed by atoms with Crippen LogP contribution in [0.2, 0.25) is 0 Å². The highest BCUT2D eigenvalue weighted by Gasteiger charge is 2.33. The molecule has 128 valence electrons. The van der Waals surface area contributed by atoms with Crippen LogP contribution in [0.15, 0.2) is 24.3 Å². The zero-order chi connectivity index (χ0) is 15.5. The minimum atomic E-state index is -0.423. The third-order valence-corrected chi connectivity index (χ3v) is 4.28. The maximum atomic E-state index is 12.9. The van der Waals surface area contributed by atoms with Crippen LogP contribution in [-0.4, -0.2) is 53.8 Å². The molecule has 2 unspecified atom stereocenters. The maximum Gasteiger partial charge on any atom is 0.239 e. The summed E-state index contributed by atoms with van der Waals surface area (Å²) in [4.78, 5) is 14.2. The number of hydrogen-bond donors (Lipinski definition) is 2. The number of rotatable bonds is 3. The van der Waals surface area contributed by atoms with Crippen molar-refractivity contribution in [1.29, 1.82) is 0 Å². The molecular formula is C16H22ClFN2O3. The minimum Gasteiger partial charge on any atom is -0.490 e. The third-order valence-electron chi connectivity index (χ3n) is 4.28. The van der Waals surface area contributed by atoms with Gasteiger partial charge in [-0.3, -0.25) is 4.79 Å². The number of nitrogens with zero attached hydrogens (tertiary/aromatic N) is 1. The molecule has 0 bridgehead atoms. The summed E-state index contributed by atoms with van der Waals surface area (Å²) in [6.45, 7) is 1.79. The number of benzene rings is 1. The molecule has 2 aliphatic heterocycles. The number of carbonyl (C=O) groups excluding carboxylic acids is 1. The van der Waals surface area contributed by atoms with Crippen LogP contribution in [-0.2, 0) is 4.79 Å². The average Bonchev–Trinajstić information content (AvgIpc) is 2.96. The van der Waals surface area contributed by atoms with Crippen molar-refractivity contribution in [3.05, 3.63) is 30.1 Å². The Morgan fingerprint density at radius 3 is 2.48 bits per heavy atom. The Morgan fingerprint density at radius 2 is 1.91 bits per heavy atom. The van der Waals surface area contributed by atoms with E-state index in [4.69, 9.17) is 4.74 Å². The van der Waals surface area contributed by atoms with Gasteiger partial charge >= 0.3 is 0 Å². The van der Waals surface area contributed by atoms with Gasteiger partial charge in [-0.25, -0.2) is 4.39 Å². The minimum absolute atomic E-state index is 0. The van der Waals surface area contributed by atoms with E-state index in [0.29, 0.717) is 31.8 Å². The Bertz CT molecular complexity index is 521. The van der Waals surface area contributed by atoms with E-state index in [1.165, 1.54) is 12.1 Å². The van der Waals surface area contributed by atoms with Gasteiger partial charge in [-0.15, -0.1) is 12.4 Å². The Morgan fingerprint density at radius 1 is 1.26 bits per heavy atom. The first-order chi connectivity index (χ1) is 10.6. The summed E-state index contributed by atoms with van der Waals surface area (Å²) in [5, 5.41) is 12.5. The van der Waals surface area contributed by atoms with Crippen LogP contribution < -0.4 is 10.1 Å². The number of aliphatic hydroxyl groups is 1. The number of halogens is 2. The summed E-state index contributed by atoms with van der Waals surface area (Å²) in [6.07, 6.45) is 1.65. The zero-order valence-electron chi connectivity index (χ0n) is 12.8. The number of aliphatic hydroxyl groups excluding tert-OH is 1. The number of amides is 1. The fraction of sp³-hybridized carbons (Fsp3) is 0.562. The monoisotopic (exact) mass is 344 g/mol. The van der Waals surface area contributed by atoms with E-state index in [9.17, 15) is 14.3 Å². The summed E-state index contributed by atoms with van der Waals surface area (Å²) in [5.41, 5.74) is 0. The molecule has 1 aromatic rings. The second-order valence-corrected chi connectivity index (χ2v) is 5.95. The summed E-state index contributed by atoms with van der Waals surface area (Å²) in [6, 6.07) is 5.74. The van der Waals surface area contributed by atoms with Crippen LogP contribution in [0.4, 0.5) is 4.39 Å². The predicted octanol–water partition coefficient (Wildman–Crippen LogP) is 1.34. The lowest BCUT2D eigenvalue weighted by molar-refractivity contribution is -0.135. The van der Waals surface area contributed by atoms with Gasteiger partial charge in [0.25, 0.3) is 0 Å². The number of ether oxygens (including phenoxy) is 1. The third kappa shape index (κ3) is 4.56. The average molecular weight is 345 g/mol. The first kappa shape index (κ1) is 18.0. The smallest absolute Gasteiger partial charge is 0.239 e. The molecule has 3 rings (SSSR count). The van der Waals surface area contributed by atoms with Crippen molar-refractivity contribution < 1.29 is 19.0 Å². The van der Waals surface area contributed by atoms with E-state index in [1.54, 1.807) is 12.1 Å². The molecule has 2 aliphatic rings. The van der Waals surface area contributed by atoms with Crippen molar-refractivity contribution >= 4 is 18.3 Å². The molecule has 2 atom stereocenters. The summed E-state index contributed by atoms with van der Waals surface area (Å²) < 4.78 is 18.7. The Kier molecular flexibility index (Phi) is 6.21. The zero-order valence-corrected chi connectivity index (χ0v) is 13.6. The van der Waals surface area contributed by atoms with Crippen LogP contribution in [0.5, 0.6) is 5.75 Å². The van der Waals surface area contributed by atoms with Gasteiger partial charge < -0.3 is 20.1 Å². The number of carbonyl (C=O) groups is 1. The van der Waals surface area contributed by atoms with Crippen molar-refractivity contribution in [2.75, 3.05) is 19.6 Å². The van der Waals surface area contributed by atoms with Crippen LogP contribution in [0.1, 0.15) is 19.3 Å². The molecule has 2 saturated heterocycles. The van der Waals surface area contributed by atoms with E-state index in [2.05, 4.69) is 5.32 Å². The van der Waals surface area contributed by atoms with Crippen molar-refractivity contribution in [3.8, 4) is 5.75 Å². The van der Waals surface area contributed by atoms with Gasteiger partial charge in [0, 0.05) is 32.5 Å². The van der Waals surface area contributed by atoms with E-state index in [-0.39, 0.29) is 36.3 Å². The second kappa shape index (κ2) is 7.95. The van der Waals surface area contributed by atoms with Crippen molar-refractivity contribution in [1.82, 2.24) is 10.2 Å². The van der Waals surface area contributed by atoms with Crippen molar-refractivity contribution in [3.63, 3.8) is 0 Å². The van der Waals surface area contributed by atoms with Gasteiger partial charge in [-0.1, -0.05) is 0 Å². The summed E-state index contributed by atoms with van der Waals surface area (Å²) >= 11 is 0.